The Kier molecular flexibility index (Phi) is 8.11. The Labute approximate surface area is 231 Å². The first kappa shape index (κ1) is 27.3. The largest absolute Gasteiger partial charge is 0.465 e. The van der Waals surface area contributed by atoms with Gasteiger partial charge in [0.1, 0.15) is 17.7 Å². The van der Waals surface area contributed by atoms with E-state index in [0.29, 0.717) is 30.9 Å². The molecule has 0 bridgehead atoms. The van der Waals surface area contributed by atoms with Crippen molar-refractivity contribution in [1.29, 1.82) is 0 Å². The Morgan fingerprint density at radius 3 is 2.10 bits per heavy atom. The third kappa shape index (κ3) is 5.70. The van der Waals surface area contributed by atoms with Crippen LogP contribution in [0.25, 0.3) is 5.69 Å². The van der Waals surface area contributed by atoms with Gasteiger partial charge in [0.05, 0.1) is 18.3 Å². The van der Waals surface area contributed by atoms with Gasteiger partial charge in [-0.2, -0.15) is 0 Å². The summed E-state index contributed by atoms with van der Waals surface area (Å²) >= 11 is 0. The third-order valence-electron chi connectivity index (χ3n) is 7.39. The predicted molar refractivity (Wildman–Crippen MR) is 150 cm³/mol. The molecule has 9 heteroatoms. The van der Waals surface area contributed by atoms with Gasteiger partial charge in [0, 0.05) is 50.3 Å². The number of carbonyl (C=O) groups is 1. The fourth-order valence-electron chi connectivity index (χ4n) is 5.27. The Morgan fingerprint density at radius 1 is 0.850 bits per heavy atom. The number of hydrogen-bond donors (Lipinski definition) is 0. The van der Waals surface area contributed by atoms with Crippen LogP contribution in [0, 0.1) is 11.6 Å². The van der Waals surface area contributed by atoms with Crippen LogP contribution in [0.5, 0.6) is 0 Å². The van der Waals surface area contributed by atoms with Gasteiger partial charge in [0.25, 0.3) is 0 Å². The Bertz CT molecular complexity index is 1490. The van der Waals surface area contributed by atoms with E-state index in [1.165, 1.54) is 21.3 Å². The SMILES string of the molecule is CCOC(=O)[C@H](c1ccccc1)N1CCN(c2ccc(-n3ccn(C(C)c4cc(F)cc(F)c4)c3=O)cc2)CC1. The molecule has 0 N–H and O–H groups in total. The molecular formula is C31H32F2N4O3. The number of nitrogens with zero attached hydrogens (tertiary/aromatic N) is 4. The average molecular weight is 547 g/mol. The van der Waals surface area contributed by atoms with Crippen LogP contribution in [0.1, 0.15) is 37.1 Å². The highest BCUT2D eigenvalue weighted by Crippen LogP contribution is 2.26. The van der Waals surface area contributed by atoms with Gasteiger partial charge >= 0.3 is 11.7 Å². The van der Waals surface area contributed by atoms with E-state index in [4.69, 9.17) is 4.74 Å². The number of imidazole rings is 1. The molecule has 208 valence electrons. The molecule has 0 amide bonds. The maximum atomic E-state index is 13.7. The second-order valence-corrected chi connectivity index (χ2v) is 9.84. The van der Waals surface area contributed by atoms with E-state index in [2.05, 4.69) is 9.80 Å². The molecule has 1 aromatic heterocycles. The van der Waals surface area contributed by atoms with E-state index < -0.39 is 23.7 Å². The molecule has 0 radical (unpaired) electrons. The van der Waals surface area contributed by atoms with Crippen molar-refractivity contribution < 1.29 is 18.3 Å². The first-order valence-electron chi connectivity index (χ1n) is 13.4. The van der Waals surface area contributed by atoms with Gasteiger partial charge in [0.15, 0.2) is 0 Å². The molecule has 5 rings (SSSR count). The van der Waals surface area contributed by atoms with Gasteiger partial charge in [-0.25, -0.2) is 18.4 Å². The number of anilines is 1. The zero-order valence-corrected chi connectivity index (χ0v) is 22.5. The van der Waals surface area contributed by atoms with Crippen LogP contribution in [0.15, 0.2) is 90.0 Å². The summed E-state index contributed by atoms with van der Waals surface area (Å²) in [6.45, 7) is 6.75. The number of benzene rings is 3. The number of aromatic nitrogens is 2. The van der Waals surface area contributed by atoms with Crippen LogP contribution in [0.2, 0.25) is 0 Å². The Morgan fingerprint density at radius 2 is 1.48 bits per heavy atom. The zero-order chi connectivity index (χ0) is 28.2. The van der Waals surface area contributed by atoms with Crippen LogP contribution in [-0.4, -0.2) is 52.8 Å². The van der Waals surface area contributed by atoms with Gasteiger partial charge < -0.3 is 9.64 Å². The van der Waals surface area contributed by atoms with Gasteiger partial charge in [-0.15, -0.1) is 0 Å². The molecule has 2 heterocycles. The average Bonchev–Trinajstić information content (AvgIpc) is 3.34. The second-order valence-electron chi connectivity index (χ2n) is 9.84. The highest BCUT2D eigenvalue weighted by Gasteiger charge is 2.31. The molecular weight excluding hydrogens is 514 g/mol. The number of carbonyl (C=O) groups excluding carboxylic acids is 1. The van der Waals surface area contributed by atoms with Crippen molar-refractivity contribution >= 4 is 11.7 Å². The van der Waals surface area contributed by atoms with E-state index in [0.717, 1.165) is 30.4 Å². The minimum absolute atomic E-state index is 0.235. The van der Waals surface area contributed by atoms with Gasteiger partial charge in [0.2, 0.25) is 0 Å². The molecule has 7 nitrogen and oxygen atoms in total. The summed E-state index contributed by atoms with van der Waals surface area (Å²) in [7, 11) is 0. The monoisotopic (exact) mass is 546 g/mol. The van der Waals surface area contributed by atoms with Crippen molar-refractivity contribution in [1.82, 2.24) is 14.0 Å². The fraction of sp³-hybridized carbons (Fsp3) is 0.290. The lowest BCUT2D eigenvalue weighted by atomic mass is 10.0. The standard InChI is InChI=1S/C31H32F2N4O3/c1-3-40-30(38)29(23-7-5-4-6-8-23)35-15-13-34(14-16-35)27-9-11-28(12-10-27)37-18-17-36(31(37)39)22(2)24-19-25(32)21-26(33)20-24/h4-12,17-22,29H,3,13-16H2,1-2H3/t22?,29-/m0/s1. The Hall–Kier alpha value is -4.24. The molecule has 3 aromatic carbocycles. The smallest absolute Gasteiger partial charge is 0.333 e. The lowest BCUT2D eigenvalue weighted by Crippen LogP contribution is -2.49. The first-order valence-corrected chi connectivity index (χ1v) is 13.4. The third-order valence-corrected chi connectivity index (χ3v) is 7.39. The highest BCUT2D eigenvalue weighted by molar-refractivity contribution is 5.77. The van der Waals surface area contributed by atoms with Crippen LogP contribution in [0.3, 0.4) is 0 Å². The molecule has 0 aliphatic carbocycles. The number of ether oxygens (including phenoxy) is 1. The van der Waals surface area contributed by atoms with Gasteiger partial charge in [-0.1, -0.05) is 30.3 Å². The maximum absolute atomic E-state index is 13.7. The topological polar surface area (TPSA) is 59.7 Å². The number of halogens is 2. The van der Waals surface area contributed by atoms with Crippen molar-refractivity contribution in [2.24, 2.45) is 0 Å². The highest BCUT2D eigenvalue weighted by atomic mass is 19.1. The van der Waals surface area contributed by atoms with E-state index in [9.17, 15) is 18.4 Å². The summed E-state index contributed by atoms with van der Waals surface area (Å²) < 4.78 is 35.8. The number of rotatable bonds is 8. The minimum Gasteiger partial charge on any atom is -0.465 e. The van der Waals surface area contributed by atoms with Crippen LogP contribution in [0.4, 0.5) is 14.5 Å². The second kappa shape index (κ2) is 11.9. The molecule has 4 aromatic rings. The molecule has 0 saturated carbocycles. The molecule has 1 aliphatic rings. The normalized spacial score (nSPS) is 15.6. The van der Waals surface area contributed by atoms with Crippen molar-refractivity contribution in [2.45, 2.75) is 25.9 Å². The summed E-state index contributed by atoms with van der Waals surface area (Å²) in [5, 5.41) is 0. The molecule has 0 spiro atoms. The zero-order valence-electron chi connectivity index (χ0n) is 22.5. The van der Waals surface area contributed by atoms with E-state index in [-0.39, 0.29) is 11.7 Å². The lowest BCUT2D eigenvalue weighted by Gasteiger charge is -2.39. The van der Waals surface area contributed by atoms with E-state index in [1.54, 1.807) is 19.3 Å². The van der Waals surface area contributed by atoms with Crippen LogP contribution in [-0.2, 0) is 9.53 Å². The first-order chi connectivity index (χ1) is 19.4. The fourth-order valence-corrected chi connectivity index (χ4v) is 5.27. The molecule has 1 saturated heterocycles. The van der Waals surface area contributed by atoms with E-state index in [1.807, 2.05) is 61.5 Å². The predicted octanol–water partition coefficient (Wildman–Crippen LogP) is 4.95. The summed E-state index contributed by atoms with van der Waals surface area (Å²) in [4.78, 5) is 30.4. The summed E-state index contributed by atoms with van der Waals surface area (Å²) in [5.74, 6) is -1.59. The van der Waals surface area contributed by atoms with Crippen molar-refractivity contribution in [3.8, 4) is 5.69 Å². The maximum Gasteiger partial charge on any atom is 0.333 e. The van der Waals surface area contributed by atoms with Crippen molar-refractivity contribution in [3.05, 3.63) is 118 Å². The van der Waals surface area contributed by atoms with Crippen LogP contribution < -0.4 is 10.6 Å². The summed E-state index contributed by atoms with van der Waals surface area (Å²) in [6, 6.07) is 19.7. The number of piperazine rings is 1. The number of hydrogen-bond acceptors (Lipinski definition) is 5. The Balaban J connectivity index is 1.27. The molecule has 40 heavy (non-hydrogen) atoms. The van der Waals surface area contributed by atoms with Gasteiger partial charge in [-0.3, -0.25) is 14.0 Å². The molecule has 1 aliphatic heterocycles. The van der Waals surface area contributed by atoms with Crippen LogP contribution >= 0.6 is 0 Å². The number of esters is 1. The minimum atomic E-state index is -0.678. The van der Waals surface area contributed by atoms with Gasteiger partial charge in [-0.05, 0) is 61.4 Å². The van der Waals surface area contributed by atoms with Crippen molar-refractivity contribution in [2.75, 3.05) is 37.7 Å². The van der Waals surface area contributed by atoms with Crippen molar-refractivity contribution in [3.63, 3.8) is 0 Å². The van der Waals surface area contributed by atoms with E-state index >= 15 is 0 Å². The molecule has 1 unspecified atom stereocenters. The quantitative estimate of drug-likeness (QED) is 0.293. The molecule has 2 atom stereocenters. The lowest BCUT2D eigenvalue weighted by molar-refractivity contribution is -0.150. The summed E-state index contributed by atoms with van der Waals surface area (Å²) in [5.41, 5.74) is 2.71. The molecule has 1 fully saturated rings. The summed E-state index contributed by atoms with van der Waals surface area (Å²) in [6.07, 6.45) is 3.27.